The van der Waals surface area contributed by atoms with Crippen LogP contribution in [-0.4, -0.2) is 23.6 Å². The summed E-state index contributed by atoms with van der Waals surface area (Å²) in [6.07, 6.45) is 0. The van der Waals surface area contributed by atoms with Gasteiger partial charge in [-0.15, -0.1) is 11.3 Å². The van der Waals surface area contributed by atoms with Gasteiger partial charge >= 0.3 is 5.97 Å². The molecule has 1 rings (SSSR count). The van der Waals surface area contributed by atoms with Gasteiger partial charge in [-0.25, -0.2) is 10.3 Å². The van der Waals surface area contributed by atoms with Gasteiger partial charge in [0.05, 0.1) is 4.88 Å². The number of carboxylic acids is 1. The second-order valence-corrected chi connectivity index (χ2v) is 3.46. The highest BCUT2D eigenvalue weighted by Gasteiger charge is 2.10. The van der Waals surface area contributed by atoms with Crippen LogP contribution in [0.2, 0.25) is 0 Å². The lowest BCUT2D eigenvalue weighted by Crippen LogP contribution is -2.26. The molecule has 0 aliphatic carbocycles. The molecule has 0 aliphatic heterocycles. The van der Waals surface area contributed by atoms with Crippen molar-refractivity contribution in [3.05, 3.63) is 21.9 Å². The summed E-state index contributed by atoms with van der Waals surface area (Å²) in [5.74, 6) is -1.55. The summed E-state index contributed by atoms with van der Waals surface area (Å²) in [7, 11) is 0. The summed E-state index contributed by atoms with van der Waals surface area (Å²) in [5.41, 5.74) is 2.89. The Morgan fingerprint density at radius 1 is 1.64 bits per heavy atom. The van der Waals surface area contributed by atoms with Crippen molar-refractivity contribution in [2.45, 2.75) is 6.92 Å². The van der Waals surface area contributed by atoms with Gasteiger partial charge in [0.1, 0.15) is 0 Å². The van der Waals surface area contributed by atoms with Crippen molar-refractivity contribution in [1.82, 2.24) is 5.48 Å². The highest BCUT2D eigenvalue weighted by atomic mass is 32.1. The zero-order valence-electron chi connectivity index (χ0n) is 7.44. The molecule has 5 nitrogen and oxygen atoms in total. The van der Waals surface area contributed by atoms with Crippen LogP contribution in [0.5, 0.6) is 0 Å². The summed E-state index contributed by atoms with van der Waals surface area (Å²) in [6, 6.07) is 1.80. The predicted octanol–water partition coefficient (Wildman–Crippen LogP) is 0.803. The average molecular weight is 215 g/mol. The van der Waals surface area contributed by atoms with Crippen LogP contribution in [-0.2, 0) is 9.63 Å². The van der Waals surface area contributed by atoms with E-state index in [1.807, 2.05) is 5.48 Å². The number of aliphatic carboxylic acids is 1. The number of hydrogen-bond donors (Lipinski definition) is 2. The minimum Gasteiger partial charge on any atom is -0.479 e. The first-order valence-corrected chi connectivity index (χ1v) is 4.67. The van der Waals surface area contributed by atoms with Crippen LogP contribution in [0.25, 0.3) is 0 Å². The summed E-state index contributed by atoms with van der Waals surface area (Å²) < 4.78 is 0. The van der Waals surface area contributed by atoms with Gasteiger partial charge in [0.15, 0.2) is 6.61 Å². The molecule has 76 valence electrons. The van der Waals surface area contributed by atoms with Gasteiger partial charge in [-0.1, -0.05) is 0 Å². The summed E-state index contributed by atoms with van der Waals surface area (Å²) in [5, 5.41) is 10.0. The molecule has 2 N–H and O–H groups in total. The van der Waals surface area contributed by atoms with E-state index in [1.165, 1.54) is 11.3 Å². The van der Waals surface area contributed by atoms with E-state index < -0.39 is 18.5 Å². The lowest BCUT2D eigenvalue weighted by molar-refractivity contribution is -0.144. The van der Waals surface area contributed by atoms with Crippen molar-refractivity contribution in [3.63, 3.8) is 0 Å². The minimum absolute atomic E-state index is 0.418. The van der Waals surface area contributed by atoms with Crippen molar-refractivity contribution in [1.29, 1.82) is 0 Å². The third kappa shape index (κ3) is 2.82. The Morgan fingerprint density at radius 2 is 2.36 bits per heavy atom. The standard InChI is InChI=1S/C8H9NO4S/c1-5-2-3-14-7(5)8(12)9-13-4-6(10)11/h2-3H,4H2,1H3,(H,9,12)(H,10,11). The third-order valence-corrected chi connectivity index (χ3v) is 2.44. The first-order chi connectivity index (χ1) is 6.61. The van der Waals surface area contributed by atoms with Crippen molar-refractivity contribution in [3.8, 4) is 0 Å². The number of aryl methyl sites for hydroxylation is 1. The maximum absolute atomic E-state index is 11.3. The van der Waals surface area contributed by atoms with Gasteiger partial charge in [-0.2, -0.15) is 0 Å². The molecule has 1 amide bonds. The van der Waals surface area contributed by atoms with Crippen molar-refractivity contribution in [2.75, 3.05) is 6.61 Å². The van der Waals surface area contributed by atoms with Gasteiger partial charge < -0.3 is 5.11 Å². The smallest absolute Gasteiger partial charge is 0.332 e. The Hall–Kier alpha value is -1.40. The first-order valence-electron chi connectivity index (χ1n) is 3.79. The van der Waals surface area contributed by atoms with Crippen molar-refractivity contribution < 1.29 is 19.5 Å². The summed E-state index contributed by atoms with van der Waals surface area (Å²) in [4.78, 5) is 26.3. The van der Waals surface area contributed by atoms with E-state index in [0.717, 1.165) is 5.56 Å². The number of rotatable bonds is 4. The van der Waals surface area contributed by atoms with Gasteiger partial charge in [0.25, 0.3) is 5.91 Å². The Balaban J connectivity index is 2.44. The number of amides is 1. The van der Waals surface area contributed by atoms with E-state index in [9.17, 15) is 9.59 Å². The van der Waals surface area contributed by atoms with E-state index in [4.69, 9.17) is 5.11 Å². The van der Waals surface area contributed by atoms with E-state index >= 15 is 0 Å². The number of nitrogens with one attached hydrogen (secondary N) is 1. The molecule has 0 unspecified atom stereocenters. The van der Waals surface area contributed by atoms with Crippen LogP contribution >= 0.6 is 11.3 Å². The highest BCUT2D eigenvalue weighted by molar-refractivity contribution is 7.12. The average Bonchev–Trinajstić information content (AvgIpc) is 2.50. The maximum atomic E-state index is 11.3. The normalized spacial score (nSPS) is 9.79. The van der Waals surface area contributed by atoms with Crippen LogP contribution < -0.4 is 5.48 Å². The molecule has 14 heavy (non-hydrogen) atoms. The topological polar surface area (TPSA) is 75.6 Å². The Morgan fingerprint density at radius 3 is 2.86 bits per heavy atom. The quantitative estimate of drug-likeness (QED) is 0.728. The fourth-order valence-electron chi connectivity index (χ4n) is 0.815. The van der Waals surface area contributed by atoms with Crippen LogP contribution in [0, 0.1) is 6.92 Å². The number of carbonyl (C=O) groups is 2. The predicted molar refractivity (Wildman–Crippen MR) is 50.1 cm³/mol. The number of hydroxylamine groups is 1. The second kappa shape index (κ2) is 4.73. The SMILES string of the molecule is Cc1ccsc1C(=O)NOCC(=O)O. The molecule has 0 fully saturated rings. The maximum Gasteiger partial charge on any atom is 0.332 e. The number of hydrogen-bond acceptors (Lipinski definition) is 4. The summed E-state index contributed by atoms with van der Waals surface area (Å²) >= 11 is 1.28. The van der Waals surface area contributed by atoms with E-state index in [2.05, 4.69) is 4.84 Å². The largest absolute Gasteiger partial charge is 0.479 e. The van der Waals surface area contributed by atoms with Crippen LogP contribution in [0.3, 0.4) is 0 Å². The fourth-order valence-corrected chi connectivity index (χ4v) is 1.63. The van der Waals surface area contributed by atoms with Gasteiger partial charge in [-0.3, -0.25) is 9.63 Å². The molecular weight excluding hydrogens is 206 g/mol. The fraction of sp³-hybridized carbons (Fsp3) is 0.250. The molecule has 0 aliphatic rings. The van der Waals surface area contributed by atoms with E-state index in [-0.39, 0.29) is 0 Å². The van der Waals surface area contributed by atoms with Gasteiger partial charge in [-0.05, 0) is 23.9 Å². The molecule has 0 saturated heterocycles. The zero-order chi connectivity index (χ0) is 10.6. The summed E-state index contributed by atoms with van der Waals surface area (Å²) in [6.45, 7) is 1.25. The molecule has 1 heterocycles. The number of carbonyl (C=O) groups excluding carboxylic acids is 1. The Bertz CT molecular complexity index is 347. The van der Waals surface area contributed by atoms with Crippen molar-refractivity contribution >= 4 is 23.2 Å². The van der Waals surface area contributed by atoms with Crippen LogP contribution in [0.4, 0.5) is 0 Å². The van der Waals surface area contributed by atoms with Gasteiger partial charge in [0, 0.05) is 0 Å². The molecule has 0 aromatic carbocycles. The molecule has 0 spiro atoms. The molecule has 1 aromatic rings. The van der Waals surface area contributed by atoms with Crippen molar-refractivity contribution in [2.24, 2.45) is 0 Å². The minimum atomic E-state index is -1.13. The molecule has 0 atom stereocenters. The van der Waals surface area contributed by atoms with E-state index in [0.29, 0.717) is 4.88 Å². The van der Waals surface area contributed by atoms with Crippen LogP contribution in [0.1, 0.15) is 15.2 Å². The number of carboxylic acid groups (broad SMARTS) is 1. The Kier molecular flexibility index (Phi) is 3.61. The van der Waals surface area contributed by atoms with Crippen LogP contribution in [0.15, 0.2) is 11.4 Å². The third-order valence-electron chi connectivity index (χ3n) is 1.43. The number of thiophene rings is 1. The lowest BCUT2D eigenvalue weighted by atomic mass is 10.3. The molecular formula is C8H9NO4S. The molecule has 0 radical (unpaired) electrons. The van der Waals surface area contributed by atoms with E-state index in [1.54, 1.807) is 18.4 Å². The molecule has 0 saturated carbocycles. The lowest BCUT2D eigenvalue weighted by Gasteiger charge is -2.02. The highest BCUT2D eigenvalue weighted by Crippen LogP contribution is 2.14. The zero-order valence-corrected chi connectivity index (χ0v) is 8.26. The second-order valence-electron chi connectivity index (χ2n) is 2.55. The van der Waals surface area contributed by atoms with Gasteiger partial charge in [0.2, 0.25) is 0 Å². The Labute approximate surface area is 84.3 Å². The monoisotopic (exact) mass is 215 g/mol. The first kappa shape index (κ1) is 10.7. The molecule has 1 aromatic heterocycles. The molecule has 0 bridgehead atoms. The molecule has 6 heteroatoms.